The number of benzene rings is 1. The topological polar surface area (TPSA) is 44.7 Å². The average Bonchev–Trinajstić information content (AvgIpc) is 2.52. The zero-order chi connectivity index (χ0) is 17.4. The Hall–Kier alpha value is -2.62. The van der Waals surface area contributed by atoms with Gasteiger partial charge in [0.15, 0.2) is 0 Å². The second-order valence-electron chi connectivity index (χ2n) is 5.73. The Labute approximate surface area is 138 Å². The molecule has 1 atom stereocenters. The van der Waals surface area contributed by atoms with Crippen molar-refractivity contribution in [2.24, 2.45) is 11.2 Å². The molecule has 0 aliphatic carbocycles. The molecule has 1 aromatic carbocycles. The Balaban J connectivity index is 2.77. The molecule has 0 spiro atoms. The van der Waals surface area contributed by atoms with E-state index in [4.69, 9.17) is 0 Å². The summed E-state index contributed by atoms with van der Waals surface area (Å²) in [5, 5.41) is 2.57. The lowest BCUT2D eigenvalue weighted by atomic mass is 9.93. The largest absolute Gasteiger partial charge is 0.378 e. The first-order valence-electron chi connectivity index (χ1n) is 7.45. The van der Waals surface area contributed by atoms with E-state index in [9.17, 15) is 4.91 Å². The van der Waals surface area contributed by atoms with Gasteiger partial charge in [-0.25, -0.2) is 5.43 Å². The van der Waals surface area contributed by atoms with Crippen LogP contribution in [0.25, 0.3) is 5.57 Å². The summed E-state index contributed by atoms with van der Waals surface area (Å²) in [5.74, 6) is 0.204. The van der Waals surface area contributed by atoms with E-state index < -0.39 is 0 Å². The van der Waals surface area contributed by atoms with Crippen molar-refractivity contribution in [2.45, 2.75) is 13.8 Å². The molecule has 1 aromatic rings. The molecule has 122 valence electrons. The van der Waals surface area contributed by atoms with Crippen molar-refractivity contribution in [1.29, 1.82) is 0 Å². The first-order chi connectivity index (χ1) is 10.8. The highest BCUT2D eigenvalue weighted by Gasteiger charge is 2.07. The van der Waals surface area contributed by atoms with Gasteiger partial charge in [-0.05, 0) is 42.2 Å². The van der Waals surface area contributed by atoms with Gasteiger partial charge in [0.05, 0.1) is 11.0 Å². The highest BCUT2D eigenvalue weighted by Crippen LogP contribution is 2.25. The fourth-order valence-electron chi connectivity index (χ4n) is 2.11. The van der Waals surface area contributed by atoms with Crippen molar-refractivity contribution in [3.63, 3.8) is 0 Å². The fraction of sp³-hybridized carbons (Fsp3) is 0.263. The van der Waals surface area contributed by atoms with Crippen LogP contribution < -0.4 is 10.3 Å². The number of nitrogens with zero attached hydrogens (tertiary/aromatic N) is 2. The molecule has 1 N–H and O–H groups in total. The lowest BCUT2D eigenvalue weighted by Crippen LogP contribution is -2.08. The molecule has 0 heterocycles. The van der Waals surface area contributed by atoms with Crippen LogP contribution in [0.15, 0.2) is 72.2 Å². The lowest BCUT2D eigenvalue weighted by Gasteiger charge is -2.15. The van der Waals surface area contributed by atoms with E-state index in [0.29, 0.717) is 5.70 Å². The minimum absolute atomic E-state index is 0.204. The van der Waals surface area contributed by atoms with Crippen molar-refractivity contribution in [2.75, 3.05) is 19.0 Å². The van der Waals surface area contributed by atoms with E-state index in [0.717, 1.165) is 16.7 Å². The van der Waals surface area contributed by atoms with Gasteiger partial charge in [0.2, 0.25) is 0 Å². The SMILES string of the molecule is C=C(/C=C/C(C)=C/C(C)C(=C)c1ccc(N(C)C)cc1)NN=O. The van der Waals surface area contributed by atoms with Crippen LogP contribution in [-0.4, -0.2) is 14.1 Å². The van der Waals surface area contributed by atoms with Crippen LogP contribution in [0.3, 0.4) is 0 Å². The molecule has 0 bridgehead atoms. The Morgan fingerprint density at radius 3 is 2.35 bits per heavy atom. The van der Waals surface area contributed by atoms with Gasteiger partial charge < -0.3 is 4.90 Å². The van der Waals surface area contributed by atoms with Crippen molar-refractivity contribution in [1.82, 2.24) is 5.43 Å². The third kappa shape index (κ3) is 5.94. The number of nitrogens with one attached hydrogen (secondary N) is 1. The molecule has 0 radical (unpaired) electrons. The summed E-state index contributed by atoms with van der Waals surface area (Å²) in [6.07, 6.45) is 5.73. The van der Waals surface area contributed by atoms with Gasteiger partial charge in [0.25, 0.3) is 0 Å². The van der Waals surface area contributed by atoms with Crippen molar-refractivity contribution < 1.29 is 0 Å². The van der Waals surface area contributed by atoms with Crippen LogP contribution in [0.1, 0.15) is 19.4 Å². The maximum absolute atomic E-state index is 10.1. The molecule has 4 heteroatoms. The standard InChI is InChI=1S/C19H25N3O/c1-14(7-8-16(3)20-21-23)13-15(2)17(4)18-9-11-19(12-10-18)22(5)6/h7-13,15H,3-4H2,1-2,5-6H3,(H,20,23)/b8-7+,14-13+. The Bertz CT molecular complexity index is 625. The van der Waals surface area contributed by atoms with Gasteiger partial charge in [-0.2, -0.15) is 0 Å². The summed E-state index contributed by atoms with van der Waals surface area (Å²) in [5.41, 5.74) is 7.14. The number of anilines is 1. The average molecular weight is 311 g/mol. The van der Waals surface area contributed by atoms with Crippen LogP contribution in [-0.2, 0) is 0 Å². The number of hydrogen-bond acceptors (Lipinski definition) is 3. The van der Waals surface area contributed by atoms with Crippen LogP contribution in [0.4, 0.5) is 5.69 Å². The Morgan fingerprint density at radius 2 is 1.83 bits per heavy atom. The third-order valence-electron chi connectivity index (χ3n) is 3.55. The predicted octanol–water partition coefficient (Wildman–Crippen LogP) is 4.69. The van der Waals surface area contributed by atoms with Crippen molar-refractivity contribution >= 4 is 11.3 Å². The molecule has 1 rings (SSSR count). The first kappa shape index (κ1) is 18.4. The highest BCUT2D eigenvalue weighted by atomic mass is 16.3. The summed E-state index contributed by atoms with van der Waals surface area (Å²) in [7, 11) is 4.04. The van der Waals surface area contributed by atoms with E-state index in [1.165, 1.54) is 5.69 Å². The summed E-state index contributed by atoms with van der Waals surface area (Å²) < 4.78 is 0. The fourth-order valence-corrected chi connectivity index (χ4v) is 2.11. The van der Waals surface area contributed by atoms with Crippen LogP contribution in [0.5, 0.6) is 0 Å². The maximum atomic E-state index is 10.1. The predicted molar refractivity (Wildman–Crippen MR) is 99.9 cm³/mol. The first-order valence-corrected chi connectivity index (χ1v) is 7.45. The quantitative estimate of drug-likeness (QED) is 0.430. The molecule has 1 unspecified atom stereocenters. The normalized spacial score (nSPS) is 12.8. The molecule has 0 saturated carbocycles. The minimum atomic E-state index is 0.204. The Morgan fingerprint density at radius 1 is 1.22 bits per heavy atom. The van der Waals surface area contributed by atoms with Gasteiger partial charge in [0, 0.05) is 19.8 Å². The molecule has 0 fully saturated rings. The second kappa shape index (κ2) is 8.73. The zero-order valence-corrected chi connectivity index (χ0v) is 14.3. The molecular formula is C19H25N3O. The Kier molecular flexibility index (Phi) is 7.00. The van der Waals surface area contributed by atoms with Gasteiger partial charge in [0.1, 0.15) is 0 Å². The zero-order valence-electron chi connectivity index (χ0n) is 14.3. The van der Waals surface area contributed by atoms with Crippen molar-refractivity contribution in [3.05, 3.63) is 77.4 Å². The van der Waals surface area contributed by atoms with E-state index in [1.807, 2.05) is 27.1 Å². The molecule has 0 aromatic heterocycles. The molecule has 4 nitrogen and oxygen atoms in total. The van der Waals surface area contributed by atoms with E-state index in [1.54, 1.807) is 6.08 Å². The lowest BCUT2D eigenvalue weighted by molar-refractivity contribution is 0.909. The number of hydrogen-bond donors (Lipinski definition) is 1. The number of nitroso groups, excluding NO2 is 1. The molecular weight excluding hydrogens is 286 g/mol. The highest BCUT2D eigenvalue weighted by molar-refractivity contribution is 5.68. The second-order valence-corrected chi connectivity index (χ2v) is 5.73. The van der Waals surface area contributed by atoms with Gasteiger partial charge in [-0.1, -0.05) is 49.9 Å². The molecule has 23 heavy (non-hydrogen) atoms. The number of allylic oxidation sites excluding steroid dienone is 5. The van der Waals surface area contributed by atoms with Gasteiger partial charge in [-0.15, -0.1) is 4.91 Å². The van der Waals surface area contributed by atoms with Crippen LogP contribution in [0.2, 0.25) is 0 Å². The summed E-state index contributed by atoms with van der Waals surface area (Å²) in [6.45, 7) is 12.0. The van der Waals surface area contributed by atoms with E-state index >= 15 is 0 Å². The van der Waals surface area contributed by atoms with Gasteiger partial charge in [-0.3, -0.25) is 0 Å². The molecule has 0 saturated heterocycles. The van der Waals surface area contributed by atoms with E-state index in [-0.39, 0.29) is 5.92 Å². The van der Waals surface area contributed by atoms with Gasteiger partial charge >= 0.3 is 0 Å². The summed E-state index contributed by atoms with van der Waals surface area (Å²) in [6, 6.07) is 8.36. The monoisotopic (exact) mass is 311 g/mol. The number of rotatable bonds is 8. The van der Waals surface area contributed by atoms with E-state index in [2.05, 4.69) is 66.0 Å². The third-order valence-corrected chi connectivity index (χ3v) is 3.55. The smallest absolute Gasteiger partial charge is 0.0546 e. The van der Waals surface area contributed by atoms with Crippen LogP contribution in [0, 0.1) is 10.8 Å². The maximum Gasteiger partial charge on any atom is 0.0546 e. The summed E-state index contributed by atoms with van der Waals surface area (Å²) in [4.78, 5) is 12.1. The molecule has 0 amide bonds. The van der Waals surface area contributed by atoms with Crippen molar-refractivity contribution in [3.8, 4) is 0 Å². The minimum Gasteiger partial charge on any atom is -0.378 e. The van der Waals surface area contributed by atoms with Crippen LogP contribution >= 0.6 is 0 Å². The summed E-state index contributed by atoms with van der Waals surface area (Å²) >= 11 is 0. The molecule has 0 aliphatic rings. The molecule has 0 aliphatic heterocycles.